The number of thiazole rings is 1. The molecule has 4 heterocycles. The second-order valence-electron chi connectivity index (χ2n) is 9.20. The number of aromatic nitrogens is 2. The van der Waals surface area contributed by atoms with E-state index in [1.54, 1.807) is 11.3 Å². The number of fused-ring (bicyclic) bond motifs is 11. The van der Waals surface area contributed by atoms with Gasteiger partial charge < -0.3 is 4.42 Å². The first-order valence-electron chi connectivity index (χ1n) is 11.9. The fourth-order valence-corrected chi connectivity index (χ4v) is 8.01. The maximum Gasteiger partial charge on any atom is 0.195 e. The molecule has 9 rings (SSSR count). The summed E-state index contributed by atoms with van der Waals surface area (Å²) >= 11 is 3.62. The van der Waals surface area contributed by atoms with Gasteiger partial charge in [-0.3, -0.25) is 4.57 Å². The third-order valence-corrected chi connectivity index (χ3v) is 9.46. The highest BCUT2D eigenvalue weighted by Crippen LogP contribution is 2.43. The van der Waals surface area contributed by atoms with Crippen LogP contribution in [0.25, 0.3) is 79.3 Å². The van der Waals surface area contributed by atoms with Crippen molar-refractivity contribution in [3.63, 3.8) is 0 Å². The average molecular weight is 497 g/mol. The molecule has 0 bridgehead atoms. The Labute approximate surface area is 212 Å². The Kier molecular flexibility index (Phi) is 3.56. The number of furan rings is 1. The molecule has 0 N–H and O–H groups in total. The summed E-state index contributed by atoms with van der Waals surface area (Å²) in [7, 11) is 0. The molecule has 36 heavy (non-hydrogen) atoms. The highest BCUT2D eigenvalue weighted by molar-refractivity contribution is 7.28. The topological polar surface area (TPSA) is 31.0 Å². The lowest BCUT2D eigenvalue weighted by atomic mass is 10.1. The first-order valence-corrected chi connectivity index (χ1v) is 13.5. The molecular weight excluding hydrogens is 480 g/mol. The Morgan fingerprint density at radius 2 is 1.39 bits per heavy atom. The molecule has 0 radical (unpaired) electrons. The molecule has 5 aromatic carbocycles. The zero-order valence-corrected chi connectivity index (χ0v) is 20.5. The third-order valence-electron chi connectivity index (χ3n) is 7.25. The Hall–Kier alpha value is -4.19. The molecular formula is C31H16N2OS2. The van der Waals surface area contributed by atoms with Gasteiger partial charge in [0.15, 0.2) is 5.13 Å². The molecule has 0 atom stereocenters. The summed E-state index contributed by atoms with van der Waals surface area (Å²) in [6.45, 7) is 0. The van der Waals surface area contributed by atoms with Crippen molar-refractivity contribution in [3.05, 3.63) is 97.1 Å². The van der Waals surface area contributed by atoms with Crippen LogP contribution in [-0.4, -0.2) is 9.55 Å². The Morgan fingerprint density at radius 1 is 0.583 bits per heavy atom. The fourth-order valence-electron chi connectivity index (χ4n) is 5.67. The fraction of sp³-hybridized carbons (Fsp3) is 0. The molecule has 5 heteroatoms. The van der Waals surface area contributed by atoms with E-state index in [4.69, 9.17) is 9.40 Å². The summed E-state index contributed by atoms with van der Waals surface area (Å²) in [4.78, 5) is 5.17. The summed E-state index contributed by atoms with van der Waals surface area (Å²) in [6.07, 6.45) is 0. The molecule has 0 unspecified atom stereocenters. The molecule has 3 nitrogen and oxygen atoms in total. The van der Waals surface area contributed by atoms with E-state index in [9.17, 15) is 0 Å². The molecule has 168 valence electrons. The number of para-hydroxylation sites is 2. The van der Waals surface area contributed by atoms with E-state index in [2.05, 4.69) is 89.5 Å². The summed E-state index contributed by atoms with van der Waals surface area (Å²) in [5.74, 6) is 0. The maximum atomic E-state index is 6.27. The SMILES string of the molecule is c1ccc2c(c1)oc1cc3c(cc12)c1ccccc1n3-c1nc2ccc3sc4ccccc4c3c2s1. The molecule has 0 amide bonds. The number of nitrogens with zero attached hydrogens (tertiary/aromatic N) is 2. The summed E-state index contributed by atoms with van der Waals surface area (Å²) in [6, 6.07) is 34.4. The van der Waals surface area contributed by atoms with Crippen molar-refractivity contribution < 1.29 is 4.42 Å². The minimum Gasteiger partial charge on any atom is -0.456 e. The van der Waals surface area contributed by atoms with Gasteiger partial charge in [0.2, 0.25) is 0 Å². The Bertz CT molecular complexity index is 2330. The van der Waals surface area contributed by atoms with Crippen LogP contribution in [0.5, 0.6) is 0 Å². The van der Waals surface area contributed by atoms with Crippen molar-refractivity contribution in [2.45, 2.75) is 0 Å². The van der Waals surface area contributed by atoms with Gasteiger partial charge in [0.25, 0.3) is 0 Å². The van der Waals surface area contributed by atoms with Gasteiger partial charge in [-0.05, 0) is 36.4 Å². The zero-order chi connectivity index (χ0) is 23.4. The number of thiophene rings is 1. The maximum absolute atomic E-state index is 6.27. The van der Waals surface area contributed by atoms with Gasteiger partial charge in [0.1, 0.15) is 11.2 Å². The second-order valence-corrected chi connectivity index (χ2v) is 11.3. The number of rotatable bonds is 1. The smallest absolute Gasteiger partial charge is 0.195 e. The number of hydrogen-bond acceptors (Lipinski definition) is 4. The van der Waals surface area contributed by atoms with Crippen molar-refractivity contribution in [2.75, 3.05) is 0 Å². The van der Waals surface area contributed by atoms with E-state index in [1.165, 1.54) is 35.6 Å². The van der Waals surface area contributed by atoms with Crippen molar-refractivity contribution in [3.8, 4) is 5.13 Å². The molecule has 4 aromatic heterocycles. The second kappa shape index (κ2) is 6.72. The van der Waals surface area contributed by atoms with Crippen LogP contribution in [0.1, 0.15) is 0 Å². The standard InChI is InChI=1S/C31H16N2OS2/c1-4-10-23-17(7-1)20-15-21-18-8-2-5-11-25(18)34-26(21)16-24(20)33(23)31-32-22-13-14-28-29(30(22)36-31)19-9-3-6-12-27(19)35-28/h1-16H. The van der Waals surface area contributed by atoms with Crippen molar-refractivity contribution in [1.82, 2.24) is 9.55 Å². The predicted octanol–water partition coefficient (Wildman–Crippen LogP) is 9.66. The van der Waals surface area contributed by atoms with Crippen LogP contribution >= 0.6 is 22.7 Å². The van der Waals surface area contributed by atoms with Gasteiger partial charge in [0.05, 0.1) is 21.3 Å². The van der Waals surface area contributed by atoms with Crippen LogP contribution in [0.3, 0.4) is 0 Å². The molecule has 0 saturated heterocycles. The van der Waals surface area contributed by atoms with E-state index < -0.39 is 0 Å². The molecule has 9 aromatic rings. The van der Waals surface area contributed by atoms with Crippen molar-refractivity contribution in [2.24, 2.45) is 0 Å². The van der Waals surface area contributed by atoms with Crippen LogP contribution in [0.2, 0.25) is 0 Å². The van der Waals surface area contributed by atoms with E-state index in [1.807, 2.05) is 23.5 Å². The van der Waals surface area contributed by atoms with Crippen LogP contribution in [0, 0.1) is 0 Å². The number of benzene rings is 5. The summed E-state index contributed by atoms with van der Waals surface area (Å²) < 4.78 is 12.5. The van der Waals surface area contributed by atoms with E-state index in [0.717, 1.165) is 43.6 Å². The largest absolute Gasteiger partial charge is 0.456 e. The monoisotopic (exact) mass is 496 g/mol. The number of hydrogen-bond donors (Lipinski definition) is 0. The lowest BCUT2D eigenvalue weighted by Gasteiger charge is -2.02. The minimum absolute atomic E-state index is 0.903. The zero-order valence-electron chi connectivity index (χ0n) is 18.9. The van der Waals surface area contributed by atoms with Crippen molar-refractivity contribution >= 4 is 96.8 Å². The third kappa shape index (κ3) is 2.39. The van der Waals surface area contributed by atoms with E-state index >= 15 is 0 Å². The molecule has 0 saturated carbocycles. The molecule has 0 aliphatic carbocycles. The molecule has 0 fully saturated rings. The van der Waals surface area contributed by atoms with E-state index in [0.29, 0.717) is 0 Å². The van der Waals surface area contributed by atoms with Crippen LogP contribution in [0.4, 0.5) is 0 Å². The van der Waals surface area contributed by atoms with Gasteiger partial charge in [-0.2, -0.15) is 0 Å². The van der Waals surface area contributed by atoms with Crippen LogP contribution in [0.15, 0.2) is 101 Å². The van der Waals surface area contributed by atoms with E-state index in [-0.39, 0.29) is 0 Å². The average Bonchev–Trinajstić information content (AvgIpc) is 3.66. The lowest BCUT2D eigenvalue weighted by Crippen LogP contribution is -1.92. The summed E-state index contributed by atoms with van der Waals surface area (Å²) in [5, 5.41) is 8.35. The molecule has 0 aliphatic heterocycles. The Morgan fingerprint density at radius 3 is 2.33 bits per heavy atom. The normalized spacial score (nSPS) is 12.4. The lowest BCUT2D eigenvalue weighted by molar-refractivity contribution is 0.669. The van der Waals surface area contributed by atoms with Gasteiger partial charge in [-0.25, -0.2) is 4.98 Å². The minimum atomic E-state index is 0.903. The van der Waals surface area contributed by atoms with Crippen molar-refractivity contribution in [1.29, 1.82) is 0 Å². The predicted molar refractivity (Wildman–Crippen MR) is 154 cm³/mol. The van der Waals surface area contributed by atoms with Crippen LogP contribution in [-0.2, 0) is 0 Å². The Balaban J connectivity index is 1.42. The summed E-state index contributed by atoms with van der Waals surface area (Å²) in [5.41, 5.74) is 5.15. The first-order chi connectivity index (χ1) is 17.8. The highest BCUT2D eigenvalue weighted by Gasteiger charge is 2.19. The van der Waals surface area contributed by atoms with Gasteiger partial charge in [-0.15, -0.1) is 11.3 Å². The van der Waals surface area contributed by atoms with Gasteiger partial charge >= 0.3 is 0 Å². The van der Waals surface area contributed by atoms with Gasteiger partial charge in [-0.1, -0.05) is 65.9 Å². The molecule has 0 aliphatic rings. The quantitative estimate of drug-likeness (QED) is 0.226. The van der Waals surface area contributed by atoms with Gasteiger partial charge in [0, 0.05) is 47.8 Å². The highest BCUT2D eigenvalue weighted by atomic mass is 32.1. The van der Waals surface area contributed by atoms with Crippen LogP contribution < -0.4 is 0 Å². The molecule has 0 spiro atoms. The first kappa shape index (κ1) is 19.1.